The molecule has 0 saturated carbocycles. The normalized spacial score (nSPS) is 12.1. The molecule has 1 unspecified atom stereocenters. The van der Waals surface area contributed by atoms with E-state index in [2.05, 4.69) is 15.9 Å². The van der Waals surface area contributed by atoms with E-state index in [1.54, 1.807) is 23.9 Å². The molecule has 0 saturated heterocycles. The highest BCUT2D eigenvalue weighted by Gasteiger charge is 2.08. The molecule has 2 rings (SSSR count). The van der Waals surface area contributed by atoms with Crippen LogP contribution in [-0.2, 0) is 0 Å². The molecule has 2 aromatic carbocycles. The Balaban J connectivity index is 1.78. The van der Waals surface area contributed by atoms with Gasteiger partial charge < -0.3 is 15.6 Å². The van der Waals surface area contributed by atoms with Crippen LogP contribution in [0.2, 0.25) is 0 Å². The number of anilines is 1. The number of hydrogen-bond acceptors (Lipinski definition) is 4. The average molecular weight is 354 g/mol. The molecule has 3 N–H and O–H groups in total. The molecule has 0 bridgehead atoms. The van der Waals surface area contributed by atoms with Gasteiger partial charge in [-0.25, -0.2) is 0 Å². The van der Waals surface area contributed by atoms with Crippen LogP contribution in [0.15, 0.2) is 57.9 Å². The molecule has 0 radical (unpaired) electrons. The molecule has 20 heavy (non-hydrogen) atoms. The number of aliphatic hydroxyl groups is 1. The second-order valence-corrected chi connectivity index (χ2v) is 6.28. The summed E-state index contributed by atoms with van der Waals surface area (Å²) >= 11 is 5.01. The minimum Gasteiger partial charge on any atom is -0.489 e. The van der Waals surface area contributed by atoms with Gasteiger partial charge in [-0.3, -0.25) is 0 Å². The van der Waals surface area contributed by atoms with Crippen molar-refractivity contribution in [2.75, 3.05) is 18.1 Å². The molecule has 2 aromatic rings. The minimum absolute atomic E-state index is 0.231. The number of nitrogen functional groups attached to an aromatic ring is 1. The third kappa shape index (κ3) is 4.74. The van der Waals surface area contributed by atoms with Crippen LogP contribution in [0.25, 0.3) is 0 Å². The van der Waals surface area contributed by atoms with E-state index < -0.39 is 6.10 Å². The zero-order valence-corrected chi connectivity index (χ0v) is 13.2. The van der Waals surface area contributed by atoms with Gasteiger partial charge in [-0.05, 0) is 30.3 Å². The van der Waals surface area contributed by atoms with Gasteiger partial charge >= 0.3 is 0 Å². The van der Waals surface area contributed by atoms with Crippen LogP contribution in [-0.4, -0.2) is 23.6 Å². The molecule has 3 nitrogen and oxygen atoms in total. The van der Waals surface area contributed by atoms with Crippen molar-refractivity contribution in [2.45, 2.75) is 11.0 Å². The molecule has 0 spiro atoms. The monoisotopic (exact) mass is 353 g/mol. The van der Waals surface area contributed by atoms with Crippen molar-refractivity contribution in [3.05, 3.63) is 53.0 Å². The first-order valence-corrected chi connectivity index (χ1v) is 7.97. The van der Waals surface area contributed by atoms with Crippen LogP contribution >= 0.6 is 27.7 Å². The van der Waals surface area contributed by atoms with Gasteiger partial charge in [-0.2, -0.15) is 0 Å². The van der Waals surface area contributed by atoms with Crippen molar-refractivity contribution in [3.8, 4) is 5.75 Å². The Labute approximate surface area is 131 Å². The Kier molecular flexibility index (Phi) is 5.76. The summed E-state index contributed by atoms with van der Waals surface area (Å²) in [5, 5.41) is 9.93. The number of aliphatic hydroxyl groups excluding tert-OH is 1. The first-order chi connectivity index (χ1) is 9.65. The molecule has 0 aliphatic heterocycles. The molecule has 0 aliphatic carbocycles. The van der Waals surface area contributed by atoms with Gasteiger partial charge in [-0.15, -0.1) is 11.8 Å². The van der Waals surface area contributed by atoms with Crippen molar-refractivity contribution in [1.82, 2.24) is 0 Å². The number of nitrogens with two attached hydrogens (primary N) is 1. The molecular weight excluding hydrogens is 338 g/mol. The maximum Gasteiger partial charge on any atom is 0.142 e. The molecule has 106 valence electrons. The van der Waals surface area contributed by atoms with E-state index in [1.165, 1.54) is 0 Å². The lowest BCUT2D eigenvalue weighted by molar-refractivity contribution is 0.127. The maximum atomic E-state index is 9.93. The first kappa shape index (κ1) is 15.2. The van der Waals surface area contributed by atoms with E-state index in [0.717, 1.165) is 9.37 Å². The SMILES string of the molecule is Nc1ccccc1OCC(O)CSc1cccc(Br)c1. The largest absolute Gasteiger partial charge is 0.489 e. The summed E-state index contributed by atoms with van der Waals surface area (Å²) in [5.74, 6) is 1.18. The van der Waals surface area contributed by atoms with Crippen LogP contribution in [0.1, 0.15) is 0 Å². The Bertz CT molecular complexity index is 565. The average Bonchev–Trinajstić information content (AvgIpc) is 2.44. The number of hydrogen-bond donors (Lipinski definition) is 2. The zero-order valence-electron chi connectivity index (χ0n) is 10.8. The van der Waals surface area contributed by atoms with E-state index in [0.29, 0.717) is 17.2 Å². The van der Waals surface area contributed by atoms with E-state index in [4.69, 9.17) is 10.5 Å². The lowest BCUT2D eigenvalue weighted by atomic mass is 10.3. The van der Waals surface area contributed by atoms with Crippen LogP contribution in [0, 0.1) is 0 Å². The summed E-state index contributed by atoms with van der Waals surface area (Å²) in [5.41, 5.74) is 6.35. The third-order valence-electron chi connectivity index (χ3n) is 2.59. The van der Waals surface area contributed by atoms with Crippen molar-refractivity contribution in [1.29, 1.82) is 0 Å². The fraction of sp³-hybridized carbons (Fsp3) is 0.200. The van der Waals surface area contributed by atoms with Gasteiger partial charge in [0, 0.05) is 15.1 Å². The standard InChI is InChI=1S/C15H16BrNO2S/c16-11-4-3-5-13(8-11)20-10-12(18)9-19-15-7-2-1-6-14(15)17/h1-8,12,18H,9-10,17H2. The predicted octanol–water partition coefficient (Wildman–Crippen LogP) is 3.56. The fourth-order valence-electron chi connectivity index (χ4n) is 1.60. The predicted molar refractivity (Wildman–Crippen MR) is 87.2 cm³/mol. The van der Waals surface area contributed by atoms with Gasteiger partial charge in [0.15, 0.2) is 0 Å². The highest BCUT2D eigenvalue weighted by atomic mass is 79.9. The molecule has 0 aromatic heterocycles. The molecular formula is C15H16BrNO2S. The molecule has 0 fully saturated rings. The highest BCUT2D eigenvalue weighted by molar-refractivity contribution is 9.10. The summed E-state index contributed by atoms with van der Waals surface area (Å²) in [6.07, 6.45) is -0.543. The van der Waals surface area contributed by atoms with Crippen LogP contribution in [0.4, 0.5) is 5.69 Å². The van der Waals surface area contributed by atoms with E-state index >= 15 is 0 Å². The molecule has 0 heterocycles. The molecule has 0 amide bonds. The second-order valence-electron chi connectivity index (χ2n) is 4.27. The fourth-order valence-corrected chi connectivity index (χ4v) is 3.01. The topological polar surface area (TPSA) is 55.5 Å². The van der Waals surface area contributed by atoms with E-state index in [1.807, 2.05) is 36.4 Å². The minimum atomic E-state index is -0.543. The number of halogens is 1. The number of benzene rings is 2. The third-order valence-corrected chi connectivity index (χ3v) is 4.22. The number of ether oxygens (including phenoxy) is 1. The molecule has 5 heteroatoms. The first-order valence-electron chi connectivity index (χ1n) is 6.19. The number of para-hydroxylation sites is 2. The lowest BCUT2D eigenvalue weighted by Crippen LogP contribution is -2.20. The van der Waals surface area contributed by atoms with E-state index in [9.17, 15) is 5.11 Å². The van der Waals surface area contributed by atoms with Crippen molar-refractivity contribution < 1.29 is 9.84 Å². The highest BCUT2D eigenvalue weighted by Crippen LogP contribution is 2.23. The molecule has 0 aliphatic rings. The maximum absolute atomic E-state index is 9.93. The van der Waals surface area contributed by atoms with Crippen molar-refractivity contribution in [2.24, 2.45) is 0 Å². The number of rotatable bonds is 6. The van der Waals surface area contributed by atoms with Crippen molar-refractivity contribution in [3.63, 3.8) is 0 Å². The Morgan fingerprint density at radius 2 is 2.00 bits per heavy atom. The van der Waals surface area contributed by atoms with Gasteiger partial charge in [0.2, 0.25) is 0 Å². The molecule has 1 atom stereocenters. The summed E-state index contributed by atoms with van der Waals surface area (Å²) in [6, 6.07) is 15.3. The second kappa shape index (κ2) is 7.57. The quantitative estimate of drug-likeness (QED) is 0.615. The Hall–Kier alpha value is -1.17. The summed E-state index contributed by atoms with van der Waals surface area (Å²) in [7, 11) is 0. The summed E-state index contributed by atoms with van der Waals surface area (Å²) in [6.45, 7) is 0.231. The van der Waals surface area contributed by atoms with Gasteiger partial charge in [0.25, 0.3) is 0 Å². The van der Waals surface area contributed by atoms with Crippen LogP contribution < -0.4 is 10.5 Å². The lowest BCUT2D eigenvalue weighted by Gasteiger charge is -2.13. The number of thioether (sulfide) groups is 1. The van der Waals surface area contributed by atoms with Gasteiger partial charge in [-0.1, -0.05) is 34.1 Å². The smallest absolute Gasteiger partial charge is 0.142 e. The van der Waals surface area contributed by atoms with Gasteiger partial charge in [0.1, 0.15) is 12.4 Å². The van der Waals surface area contributed by atoms with Crippen LogP contribution in [0.5, 0.6) is 5.75 Å². The van der Waals surface area contributed by atoms with Crippen LogP contribution in [0.3, 0.4) is 0 Å². The van der Waals surface area contributed by atoms with Crippen molar-refractivity contribution >= 4 is 33.4 Å². The summed E-state index contributed by atoms with van der Waals surface area (Å²) < 4.78 is 6.55. The Morgan fingerprint density at radius 3 is 2.75 bits per heavy atom. The Morgan fingerprint density at radius 1 is 1.20 bits per heavy atom. The van der Waals surface area contributed by atoms with E-state index in [-0.39, 0.29) is 6.61 Å². The van der Waals surface area contributed by atoms with Gasteiger partial charge in [0.05, 0.1) is 11.8 Å². The zero-order chi connectivity index (χ0) is 14.4. The summed E-state index contributed by atoms with van der Waals surface area (Å²) in [4.78, 5) is 1.11.